The standard InChI is InChI=1S/C23H29N3O2S/c1-2-3-4-18-5-8-20(9-6-18)24-23(29)26-13-11-25(12-14-26)16-19-7-10-21-22(15-19)28-17-27-21/h5-10,15H,2-4,11-14,16-17H2,1H3,(H,24,29). The van der Waals surface area contributed by atoms with Crippen LogP contribution in [0.15, 0.2) is 42.5 Å². The number of fused-ring (bicyclic) bond motifs is 1. The molecule has 2 aliphatic heterocycles. The van der Waals surface area contributed by atoms with Gasteiger partial charge < -0.3 is 19.7 Å². The second kappa shape index (κ2) is 9.46. The third kappa shape index (κ3) is 5.19. The lowest BCUT2D eigenvalue weighted by Crippen LogP contribution is -2.49. The summed E-state index contributed by atoms with van der Waals surface area (Å²) in [5.41, 5.74) is 3.71. The number of ether oxygens (including phenoxy) is 2. The zero-order valence-electron chi connectivity index (χ0n) is 17.0. The topological polar surface area (TPSA) is 37.0 Å². The SMILES string of the molecule is CCCCc1ccc(NC(=S)N2CCN(Cc3ccc4c(c3)OCO4)CC2)cc1. The summed E-state index contributed by atoms with van der Waals surface area (Å²) in [5, 5.41) is 4.21. The van der Waals surface area contributed by atoms with E-state index in [2.05, 4.69) is 58.4 Å². The van der Waals surface area contributed by atoms with Crippen molar-refractivity contribution >= 4 is 23.0 Å². The highest BCUT2D eigenvalue weighted by Gasteiger charge is 2.20. The number of nitrogens with one attached hydrogen (secondary N) is 1. The third-order valence-corrected chi connectivity index (χ3v) is 5.89. The first-order chi connectivity index (χ1) is 14.2. The summed E-state index contributed by atoms with van der Waals surface area (Å²) in [6, 6.07) is 14.9. The summed E-state index contributed by atoms with van der Waals surface area (Å²) in [6.45, 7) is 7.32. The smallest absolute Gasteiger partial charge is 0.231 e. The van der Waals surface area contributed by atoms with Gasteiger partial charge in [-0.1, -0.05) is 31.5 Å². The molecule has 0 atom stereocenters. The predicted octanol–water partition coefficient (Wildman–Crippen LogP) is 4.27. The van der Waals surface area contributed by atoms with Gasteiger partial charge in [0, 0.05) is 38.4 Å². The fraction of sp³-hybridized carbons (Fsp3) is 0.435. The molecule has 5 nitrogen and oxygen atoms in total. The minimum absolute atomic E-state index is 0.323. The number of hydrogen-bond acceptors (Lipinski definition) is 4. The van der Waals surface area contributed by atoms with Crippen LogP contribution in [0.1, 0.15) is 30.9 Å². The Hall–Kier alpha value is -2.31. The number of rotatable bonds is 6. The third-order valence-electron chi connectivity index (χ3n) is 5.53. The van der Waals surface area contributed by atoms with Crippen LogP contribution in [-0.4, -0.2) is 47.9 Å². The molecular weight excluding hydrogens is 382 g/mol. The molecule has 0 unspecified atom stereocenters. The van der Waals surface area contributed by atoms with Crippen molar-refractivity contribution in [1.29, 1.82) is 0 Å². The summed E-state index contributed by atoms with van der Waals surface area (Å²) >= 11 is 5.65. The van der Waals surface area contributed by atoms with E-state index in [0.717, 1.165) is 61.4 Å². The van der Waals surface area contributed by atoms with Crippen molar-refractivity contribution in [2.45, 2.75) is 32.7 Å². The van der Waals surface area contributed by atoms with Gasteiger partial charge in [0.05, 0.1) is 0 Å². The van der Waals surface area contributed by atoms with Gasteiger partial charge in [-0.15, -0.1) is 0 Å². The van der Waals surface area contributed by atoms with Gasteiger partial charge in [0.25, 0.3) is 0 Å². The molecule has 0 spiro atoms. The van der Waals surface area contributed by atoms with Gasteiger partial charge >= 0.3 is 0 Å². The molecule has 2 aromatic carbocycles. The normalized spacial score (nSPS) is 16.1. The van der Waals surface area contributed by atoms with Crippen LogP contribution in [0.4, 0.5) is 5.69 Å². The lowest BCUT2D eigenvalue weighted by molar-refractivity contribution is 0.173. The Bertz CT molecular complexity index is 833. The Labute approximate surface area is 178 Å². The molecule has 6 heteroatoms. The lowest BCUT2D eigenvalue weighted by Gasteiger charge is -2.36. The van der Waals surface area contributed by atoms with Gasteiger partial charge in [0.15, 0.2) is 16.6 Å². The average molecular weight is 412 g/mol. The van der Waals surface area contributed by atoms with E-state index in [0.29, 0.717) is 6.79 Å². The second-order valence-corrected chi connectivity index (χ2v) is 8.07. The van der Waals surface area contributed by atoms with Crippen LogP contribution in [-0.2, 0) is 13.0 Å². The molecule has 1 fully saturated rings. The van der Waals surface area contributed by atoms with E-state index in [1.54, 1.807) is 0 Å². The van der Waals surface area contributed by atoms with Gasteiger partial charge in [0.1, 0.15) is 0 Å². The highest BCUT2D eigenvalue weighted by molar-refractivity contribution is 7.80. The summed E-state index contributed by atoms with van der Waals surface area (Å²) in [5.74, 6) is 1.70. The Kier molecular flexibility index (Phi) is 6.52. The predicted molar refractivity (Wildman–Crippen MR) is 121 cm³/mol. The first-order valence-corrected chi connectivity index (χ1v) is 10.9. The monoisotopic (exact) mass is 411 g/mol. The van der Waals surface area contributed by atoms with Crippen LogP contribution in [0.3, 0.4) is 0 Å². The van der Waals surface area contributed by atoms with E-state index < -0.39 is 0 Å². The number of anilines is 1. The van der Waals surface area contributed by atoms with E-state index in [4.69, 9.17) is 21.7 Å². The maximum atomic E-state index is 5.65. The Balaban J connectivity index is 1.24. The highest BCUT2D eigenvalue weighted by atomic mass is 32.1. The Morgan fingerprint density at radius 3 is 2.45 bits per heavy atom. The summed E-state index contributed by atoms with van der Waals surface area (Å²) in [7, 11) is 0. The quantitative estimate of drug-likeness (QED) is 0.716. The fourth-order valence-corrected chi connectivity index (χ4v) is 4.05. The van der Waals surface area contributed by atoms with Crippen molar-refractivity contribution in [1.82, 2.24) is 9.80 Å². The van der Waals surface area contributed by atoms with E-state index in [-0.39, 0.29) is 0 Å². The Morgan fingerprint density at radius 2 is 1.69 bits per heavy atom. The number of hydrogen-bond donors (Lipinski definition) is 1. The van der Waals surface area contributed by atoms with Crippen LogP contribution in [0.5, 0.6) is 11.5 Å². The molecule has 2 heterocycles. The van der Waals surface area contributed by atoms with Crippen LogP contribution in [0.2, 0.25) is 0 Å². The van der Waals surface area contributed by atoms with Crippen molar-refractivity contribution in [3.05, 3.63) is 53.6 Å². The van der Waals surface area contributed by atoms with Crippen LogP contribution in [0.25, 0.3) is 0 Å². The molecule has 154 valence electrons. The number of unbranched alkanes of at least 4 members (excludes halogenated alkanes) is 1. The lowest BCUT2D eigenvalue weighted by atomic mass is 10.1. The van der Waals surface area contributed by atoms with Crippen molar-refractivity contribution < 1.29 is 9.47 Å². The van der Waals surface area contributed by atoms with Crippen LogP contribution >= 0.6 is 12.2 Å². The zero-order valence-corrected chi connectivity index (χ0v) is 17.8. The van der Waals surface area contributed by atoms with Crippen LogP contribution in [0, 0.1) is 0 Å². The minimum atomic E-state index is 0.323. The molecule has 4 rings (SSSR count). The molecule has 1 saturated heterocycles. The maximum Gasteiger partial charge on any atom is 0.231 e. The molecule has 0 bridgehead atoms. The van der Waals surface area contributed by atoms with Crippen LogP contribution < -0.4 is 14.8 Å². The molecular formula is C23H29N3O2S. The van der Waals surface area contributed by atoms with Crippen molar-refractivity contribution in [2.75, 3.05) is 38.3 Å². The summed E-state index contributed by atoms with van der Waals surface area (Å²) in [6.07, 6.45) is 3.61. The first-order valence-electron chi connectivity index (χ1n) is 10.5. The van der Waals surface area contributed by atoms with Gasteiger partial charge in [-0.25, -0.2) is 0 Å². The fourth-order valence-electron chi connectivity index (χ4n) is 3.74. The molecule has 0 aliphatic carbocycles. The zero-order chi connectivity index (χ0) is 20.1. The van der Waals surface area contributed by atoms with Crippen molar-refractivity contribution in [3.8, 4) is 11.5 Å². The van der Waals surface area contributed by atoms with Crippen molar-refractivity contribution in [2.24, 2.45) is 0 Å². The van der Waals surface area contributed by atoms with Gasteiger partial charge in [-0.2, -0.15) is 0 Å². The van der Waals surface area contributed by atoms with E-state index in [1.165, 1.54) is 24.0 Å². The molecule has 29 heavy (non-hydrogen) atoms. The Morgan fingerprint density at radius 1 is 0.966 bits per heavy atom. The molecule has 0 saturated carbocycles. The number of benzene rings is 2. The van der Waals surface area contributed by atoms with Gasteiger partial charge in [0.2, 0.25) is 6.79 Å². The average Bonchev–Trinajstić information content (AvgIpc) is 3.22. The maximum absolute atomic E-state index is 5.65. The van der Waals surface area contributed by atoms with E-state index in [9.17, 15) is 0 Å². The molecule has 2 aromatic rings. The number of piperazine rings is 1. The number of aryl methyl sites for hydroxylation is 1. The second-order valence-electron chi connectivity index (χ2n) is 7.68. The number of nitrogens with zero attached hydrogens (tertiary/aromatic N) is 2. The largest absolute Gasteiger partial charge is 0.454 e. The number of thiocarbonyl (C=S) groups is 1. The molecule has 1 N–H and O–H groups in total. The van der Waals surface area contributed by atoms with E-state index in [1.807, 2.05) is 6.07 Å². The molecule has 0 aromatic heterocycles. The minimum Gasteiger partial charge on any atom is -0.454 e. The first kappa shape index (κ1) is 20.0. The molecule has 0 radical (unpaired) electrons. The highest BCUT2D eigenvalue weighted by Crippen LogP contribution is 2.32. The van der Waals surface area contributed by atoms with E-state index >= 15 is 0 Å². The summed E-state index contributed by atoms with van der Waals surface area (Å²) in [4.78, 5) is 4.72. The van der Waals surface area contributed by atoms with Crippen molar-refractivity contribution in [3.63, 3.8) is 0 Å². The molecule has 0 amide bonds. The van der Waals surface area contributed by atoms with Gasteiger partial charge in [-0.3, -0.25) is 4.90 Å². The summed E-state index contributed by atoms with van der Waals surface area (Å²) < 4.78 is 10.9. The van der Waals surface area contributed by atoms with Gasteiger partial charge in [-0.05, 0) is 60.5 Å². The molecule has 2 aliphatic rings.